The Morgan fingerprint density at radius 2 is 1.90 bits per heavy atom. The minimum Gasteiger partial charge on any atom is -0.388 e. The van der Waals surface area contributed by atoms with E-state index in [1.807, 2.05) is 6.92 Å². The molecule has 0 saturated heterocycles. The zero-order valence-corrected chi connectivity index (χ0v) is 13.1. The normalized spacial score (nSPS) is 30.1. The first kappa shape index (κ1) is 17.9. The Kier molecular flexibility index (Phi) is 7.99. The molecule has 0 aromatic carbocycles. The number of methoxy groups -OCH3 is 1. The van der Waals surface area contributed by atoms with Crippen LogP contribution in [0.15, 0.2) is 0 Å². The molecule has 120 valence electrons. The molecule has 1 fully saturated rings. The summed E-state index contributed by atoms with van der Waals surface area (Å²) in [5.41, 5.74) is 5.63. The molecule has 0 heterocycles. The van der Waals surface area contributed by atoms with Crippen molar-refractivity contribution in [2.45, 2.75) is 57.3 Å². The maximum Gasteiger partial charge on any atom is 0.101 e. The summed E-state index contributed by atoms with van der Waals surface area (Å²) in [5.74, 6) is 0.751. The number of rotatable bonds is 9. The molecule has 1 saturated carbocycles. The van der Waals surface area contributed by atoms with Gasteiger partial charge in [0, 0.05) is 13.7 Å². The summed E-state index contributed by atoms with van der Waals surface area (Å²) in [6.07, 6.45) is 3.63. The van der Waals surface area contributed by atoms with E-state index >= 15 is 0 Å². The molecular weight excluding hydrogens is 258 g/mol. The fourth-order valence-corrected chi connectivity index (χ4v) is 2.57. The Balaban J connectivity index is 2.26. The van der Waals surface area contributed by atoms with Crippen molar-refractivity contribution in [3.63, 3.8) is 0 Å². The third-order valence-corrected chi connectivity index (χ3v) is 4.11. The second kappa shape index (κ2) is 8.95. The summed E-state index contributed by atoms with van der Waals surface area (Å²) < 4.78 is 16.4. The zero-order valence-electron chi connectivity index (χ0n) is 13.1. The van der Waals surface area contributed by atoms with Crippen LogP contribution < -0.4 is 5.73 Å². The molecule has 20 heavy (non-hydrogen) atoms. The summed E-state index contributed by atoms with van der Waals surface area (Å²) in [5, 5.41) is 9.93. The molecule has 1 rings (SSSR count). The first-order valence-corrected chi connectivity index (χ1v) is 7.64. The molecular formula is C15H31NO4. The van der Waals surface area contributed by atoms with Crippen molar-refractivity contribution < 1.29 is 19.3 Å². The van der Waals surface area contributed by atoms with E-state index in [1.54, 1.807) is 7.11 Å². The van der Waals surface area contributed by atoms with Gasteiger partial charge in [-0.1, -0.05) is 6.92 Å². The molecule has 5 nitrogen and oxygen atoms in total. The molecule has 5 heteroatoms. The monoisotopic (exact) mass is 289 g/mol. The van der Waals surface area contributed by atoms with Gasteiger partial charge in [-0.25, -0.2) is 0 Å². The molecule has 0 bridgehead atoms. The van der Waals surface area contributed by atoms with Gasteiger partial charge >= 0.3 is 0 Å². The van der Waals surface area contributed by atoms with Crippen LogP contribution in [0.5, 0.6) is 0 Å². The number of nitrogens with two attached hydrogens (primary N) is 1. The Bertz CT molecular complexity index is 254. The lowest BCUT2D eigenvalue weighted by Gasteiger charge is -2.39. The van der Waals surface area contributed by atoms with Crippen LogP contribution in [0.4, 0.5) is 0 Å². The van der Waals surface area contributed by atoms with Gasteiger partial charge in [0.2, 0.25) is 0 Å². The maximum absolute atomic E-state index is 9.93. The zero-order chi connectivity index (χ0) is 15.0. The lowest BCUT2D eigenvalue weighted by atomic mass is 9.79. The highest BCUT2D eigenvalue weighted by Gasteiger charge is 2.34. The van der Waals surface area contributed by atoms with Crippen LogP contribution in [0.25, 0.3) is 0 Å². The lowest BCUT2D eigenvalue weighted by molar-refractivity contribution is -0.117. The largest absolute Gasteiger partial charge is 0.388 e. The number of hydrogen-bond acceptors (Lipinski definition) is 5. The van der Waals surface area contributed by atoms with E-state index in [-0.39, 0.29) is 24.9 Å². The van der Waals surface area contributed by atoms with Crippen LogP contribution in [0.3, 0.4) is 0 Å². The van der Waals surface area contributed by atoms with Crippen molar-refractivity contribution in [3.8, 4) is 0 Å². The highest BCUT2D eigenvalue weighted by atomic mass is 16.5. The van der Waals surface area contributed by atoms with Gasteiger partial charge < -0.3 is 25.1 Å². The van der Waals surface area contributed by atoms with Crippen molar-refractivity contribution in [2.24, 2.45) is 11.7 Å². The van der Waals surface area contributed by atoms with E-state index in [4.69, 9.17) is 19.9 Å². The van der Waals surface area contributed by atoms with Crippen LogP contribution in [-0.2, 0) is 14.2 Å². The number of hydrogen-bond donors (Lipinski definition) is 2. The summed E-state index contributed by atoms with van der Waals surface area (Å²) in [6.45, 7) is 5.78. The molecule has 2 unspecified atom stereocenters. The fraction of sp³-hybridized carbons (Fsp3) is 1.00. The molecule has 0 aliphatic heterocycles. The first-order chi connectivity index (χ1) is 9.51. The average Bonchev–Trinajstić information content (AvgIpc) is 2.45. The Hall–Kier alpha value is -0.200. The van der Waals surface area contributed by atoms with E-state index < -0.39 is 6.10 Å². The van der Waals surface area contributed by atoms with E-state index in [0.29, 0.717) is 13.2 Å². The predicted octanol–water partition coefficient (Wildman–Crippen LogP) is 1.32. The molecule has 2 atom stereocenters. The maximum atomic E-state index is 9.93. The van der Waals surface area contributed by atoms with Gasteiger partial charge in [0.25, 0.3) is 0 Å². The Morgan fingerprint density at radius 1 is 1.25 bits per heavy atom. The second-order valence-electron chi connectivity index (χ2n) is 6.13. The van der Waals surface area contributed by atoms with Gasteiger partial charge in [0.05, 0.1) is 31.5 Å². The van der Waals surface area contributed by atoms with Crippen molar-refractivity contribution in [3.05, 3.63) is 0 Å². The first-order valence-electron chi connectivity index (χ1n) is 7.64. The van der Waals surface area contributed by atoms with Gasteiger partial charge in [0.1, 0.15) is 6.10 Å². The van der Waals surface area contributed by atoms with Crippen LogP contribution in [0.1, 0.15) is 39.5 Å². The van der Waals surface area contributed by atoms with Crippen LogP contribution >= 0.6 is 0 Å². The summed E-state index contributed by atoms with van der Waals surface area (Å²) >= 11 is 0. The average molecular weight is 289 g/mol. The van der Waals surface area contributed by atoms with Crippen LogP contribution in [-0.4, -0.2) is 56.4 Å². The van der Waals surface area contributed by atoms with Crippen LogP contribution in [0.2, 0.25) is 0 Å². The molecule has 1 aliphatic carbocycles. The minimum absolute atomic E-state index is 0.0198. The lowest BCUT2D eigenvalue weighted by Crippen LogP contribution is -2.45. The molecule has 0 aromatic heterocycles. The highest BCUT2D eigenvalue weighted by molar-refractivity contribution is 4.87. The van der Waals surface area contributed by atoms with Gasteiger partial charge in [-0.3, -0.25) is 0 Å². The molecule has 0 aromatic rings. The quantitative estimate of drug-likeness (QED) is 0.670. The summed E-state index contributed by atoms with van der Waals surface area (Å²) in [4.78, 5) is 0. The standard InChI is InChI=1S/C15H31NO4/c1-12-4-6-15(11-16,7-5-12)20-10-14(17)9-19-13(2)8-18-3/h12-14,17H,4-11,16H2,1-3H3. The molecule has 0 radical (unpaired) electrons. The Labute approximate surface area is 122 Å². The van der Waals surface area contributed by atoms with E-state index in [1.165, 1.54) is 0 Å². The van der Waals surface area contributed by atoms with Crippen molar-refractivity contribution in [1.29, 1.82) is 0 Å². The molecule has 0 spiro atoms. The molecule has 1 aliphatic rings. The van der Waals surface area contributed by atoms with E-state index in [2.05, 4.69) is 6.92 Å². The number of aliphatic hydroxyl groups excluding tert-OH is 1. The third-order valence-electron chi connectivity index (χ3n) is 4.11. The topological polar surface area (TPSA) is 73.9 Å². The van der Waals surface area contributed by atoms with Gasteiger partial charge in [-0.2, -0.15) is 0 Å². The minimum atomic E-state index is -0.614. The van der Waals surface area contributed by atoms with Crippen LogP contribution in [0, 0.1) is 5.92 Å². The smallest absolute Gasteiger partial charge is 0.101 e. The van der Waals surface area contributed by atoms with Crippen molar-refractivity contribution in [2.75, 3.05) is 33.5 Å². The van der Waals surface area contributed by atoms with Crippen molar-refractivity contribution >= 4 is 0 Å². The predicted molar refractivity (Wildman–Crippen MR) is 78.7 cm³/mol. The van der Waals surface area contributed by atoms with Gasteiger partial charge in [-0.15, -0.1) is 0 Å². The number of aliphatic hydroxyl groups is 1. The fourth-order valence-electron chi connectivity index (χ4n) is 2.57. The van der Waals surface area contributed by atoms with Gasteiger partial charge in [0.15, 0.2) is 0 Å². The Morgan fingerprint density at radius 3 is 2.45 bits per heavy atom. The number of ether oxygens (including phenoxy) is 3. The van der Waals surface area contributed by atoms with E-state index in [0.717, 1.165) is 31.6 Å². The summed E-state index contributed by atoms with van der Waals surface area (Å²) in [7, 11) is 1.63. The van der Waals surface area contributed by atoms with Gasteiger partial charge in [-0.05, 0) is 38.5 Å². The highest BCUT2D eigenvalue weighted by Crippen LogP contribution is 2.34. The SMILES string of the molecule is COCC(C)OCC(O)COC1(CN)CCC(C)CC1. The molecule has 0 amide bonds. The summed E-state index contributed by atoms with van der Waals surface area (Å²) in [6, 6.07) is 0. The third kappa shape index (κ3) is 6.06. The molecule has 3 N–H and O–H groups in total. The van der Waals surface area contributed by atoms with Crippen molar-refractivity contribution in [1.82, 2.24) is 0 Å². The second-order valence-corrected chi connectivity index (χ2v) is 6.13. The van der Waals surface area contributed by atoms with E-state index in [9.17, 15) is 5.11 Å².